The van der Waals surface area contributed by atoms with Crippen LogP contribution in [0.4, 0.5) is 4.79 Å². The van der Waals surface area contributed by atoms with Crippen LogP contribution in [0.5, 0.6) is 0 Å². The summed E-state index contributed by atoms with van der Waals surface area (Å²) in [5.74, 6) is -0.0167. The zero-order valence-electron chi connectivity index (χ0n) is 14.1. The quantitative estimate of drug-likeness (QED) is 0.807. The number of hydrogen-bond donors (Lipinski definition) is 2. The van der Waals surface area contributed by atoms with Crippen LogP contribution in [0.15, 0.2) is 40.4 Å². The van der Waals surface area contributed by atoms with E-state index in [0.29, 0.717) is 24.4 Å². The molecule has 3 amide bonds. The van der Waals surface area contributed by atoms with Gasteiger partial charge in [0.05, 0.1) is 30.0 Å². The predicted octanol–water partition coefficient (Wildman–Crippen LogP) is 2.04. The maximum Gasteiger partial charge on any atom is 0.319 e. The Bertz CT molecular complexity index is 726. The number of carbonyl (C=O) groups is 2. The maximum absolute atomic E-state index is 13.0. The summed E-state index contributed by atoms with van der Waals surface area (Å²) in [5.41, 5.74) is 2.28. The molecule has 1 fully saturated rings. The van der Waals surface area contributed by atoms with Crippen molar-refractivity contribution < 1.29 is 14.3 Å². The summed E-state index contributed by atoms with van der Waals surface area (Å²) in [7, 11) is 0. The van der Waals surface area contributed by atoms with Gasteiger partial charge in [0.25, 0.3) is 5.91 Å². The van der Waals surface area contributed by atoms with Gasteiger partial charge in [-0.05, 0) is 36.8 Å². The first kappa shape index (κ1) is 16.5. The van der Waals surface area contributed by atoms with Gasteiger partial charge in [-0.2, -0.15) is 0 Å². The lowest BCUT2D eigenvalue weighted by Gasteiger charge is -2.25. The highest BCUT2D eigenvalue weighted by Crippen LogP contribution is 2.33. The molecule has 132 valence electrons. The van der Waals surface area contributed by atoms with Crippen LogP contribution in [0.1, 0.15) is 24.4 Å². The summed E-state index contributed by atoms with van der Waals surface area (Å²) in [6, 6.07) is 7.31. The van der Waals surface area contributed by atoms with E-state index in [-0.39, 0.29) is 18.0 Å². The van der Waals surface area contributed by atoms with Gasteiger partial charge in [-0.1, -0.05) is 12.1 Å². The molecule has 0 saturated carbocycles. The number of rotatable bonds is 4. The van der Waals surface area contributed by atoms with Crippen molar-refractivity contribution in [1.82, 2.24) is 15.5 Å². The van der Waals surface area contributed by atoms with E-state index in [1.54, 1.807) is 16.7 Å². The van der Waals surface area contributed by atoms with Crippen molar-refractivity contribution in [3.8, 4) is 0 Å². The maximum atomic E-state index is 13.0. The van der Waals surface area contributed by atoms with Crippen LogP contribution < -0.4 is 10.6 Å². The summed E-state index contributed by atoms with van der Waals surface area (Å²) in [5, 5.41) is 5.70. The Morgan fingerprint density at radius 1 is 1.28 bits per heavy atom. The molecule has 3 heterocycles. The van der Waals surface area contributed by atoms with E-state index in [1.165, 1.54) is 0 Å². The fourth-order valence-electron chi connectivity index (χ4n) is 3.66. The van der Waals surface area contributed by atoms with Gasteiger partial charge < -0.3 is 20.3 Å². The zero-order chi connectivity index (χ0) is 17.4. The number of thioether (sulfide) groups is 1. The molecule has 0 spiro atoms. The van der Waals surface area contributed by atoms with Crippen molar-refractivity contribution in [1.29, 1.82) is 0 Å². The molecule has 4 rings (SSSR count). The highest BCUT2D eigenvalue weighted by Gasteiger charge is 2.41. The highest BCUT2D eigenvalue weighted by atomic mass is 32.2. The Morgan fingerprint density at radius 3 is 2.76 bits per heavy atom. The Balaban J connectivity index is 1.58. The number of nitrogens with one attached hydrogen (secondary N) is 2. The van der Waals surface area contributed by atoms with E-state index < -0.39 is 6.04 Å². The number of amides is 3. The Morgan fingerprint density at radius 2 is 2.08 bits per heavy atom. The second kappa shape index (κ2) is 6.72. The van der Waals surface area contributed by atoms with Crippen molar-refractivity contribution in [3.05, 3.63) is 41.1 Å². The number of urea groups is 1. The van der Waals surface area contributed by atoms with Crippen LogP contribution in [-0.4, -0.2) is 48.9 Å². The van der Waals surface area contributed by atoms with E-state index in [9.17, 15) is 9.59 Å². The SMILES string of the molecule is CSc1ccc([C@@H]2NC(=O)NC3=C2C(=O)N(C[C@H]2CCCO2)C3)cc1. The number of benzene rings is 1. The predicted molar refractivity (Wildman–Crippen MR) is 95.2 cm³/mol. The van der Waals surface area contributed by atoms with Crippen LogP contribution >= 0.6 is 11.8 Å². The third-order valence-corrected chi connectivity index (χ3v) is 5.66. The van der Waals surface area contributed by atoms with Crippen LogP contribution in [0.2, 0.25) is 0 Å². The molecular formula is C18H21N3O3S. The average Bonchev–Trinajstić information content (AvgIpc) is 3.23. The van der Waals surface area contributed by atoms with E-state index in [1.807, 2.05) is 30.5 Å². The first-order chi connectivity index (χ1) is 12.2. The molecule has 1 aromatic carbocycles. The Hall–Kier alpha value is -1.99. The molecule has 0 radical (unpaired) electrons. The summed E-state index contributed by atoms with van der Waals surface area (Å²) < 4.78 is 5.66. The molecule has 7 heteroatoms. The standard InChI is InChI=1S/C18H21N3O3S/c1-25-13-6-4-11(5-7-13)16-15-14(19-18(23)20-16)10-21(17(15)22)9-12-3-2-8-24-12/h4-7,12,16H,2-3,8-10H2,1H3,(H2,19,20,23)/t12-,16+/m1/s1. The molecule has 3 aliphatic rings. The Kier molecular flexibility index (Phi) is 4.43. The van der Waals surface area contributed by atoms with Gasteiger partial charge >= 0.3 is 6.03 Å². The minimum atomic E-state index is -0.401. The smallest absolute Gasteiger partial charge is 0.319 e. The number of hydrogen-bond acceptors (Lipinski definition) is 4. The third kappa shape index (κ3) is 3.14. The van der Waals surface area contributed by atoms with Crippen LogP contribution in [0.25, 0.3) is 0 Å². The topological polar surface area (TPSA) is 70.7 Å². The first-order valence-corrected chi connectivity index (χ1v) is 9.73. The lowest BCUT2D eigenvalue weighted by molar-refractivity contribution is -0.127. The van der Waals surface area contributed by atoms with Gasteiger partial charge in [-0.25, -0.2) is 4.79 Å². The summed E-state index contributed by atoms with van der Waals surface area (Å²) in [6.45, 7) is 1.79. The number of ether oxygens (including phenoxy) is 1. The molecule has 3 aliphatic heterocycles. The highest BCUT2D eigenvalue weighted by molar-refractivity contribution is 7.98. The van der Waals surface area contributed by atoms with Crippen LogP contribution in [0.3, 0.4) is 0 Å². The average molecular weight is 359 g/mol. The van der Waals surface area contributed by atoms with E-state index in [4.69, 9.17) is 4.74 Å². The minimum Gasteiger partial charge on any atom is -0.376 e. The lowest BCUT2D eigenvalue weighted by atomic mass is 9.96. The summed E-state index contributed by atoms with van der Waals surface area (Å²) in [6.07, 6.45) is 4.15. The molecule has 1 saturated heterocycles. The summed E-state index contributed by atoms with van der Waals surface area (Å²) >= 11 is 1.66. The van der Waals surface area contributed by atoms with E-state index in [0.717, 1.165) is 29.9 Å². The normalized spacial score (nSPS) is 25.9. The summed E-state index contributed by atoms with van der Waals surface area (Å²) in [4.78, 5) is 28.0. The van der Waals surface area contributed by atoms with E-state index in [2.05, 4.69) is 10.6 Å². The number of nitrogens with zero attached hydrogens (tertiary/aromatic N) is 1. The zero-order valence-corrected chi connectivity index (χ0v) is 14.9. The van der Waals surface area contributed by atoms with Gasteiger partial charge in [-0.3, -0.25) is 4.79 Å². The molecule has 2 N–H and O–H groups in total. The van der Waals surface area contributed by atoms with Gasteiger partial charge in [-0.15, -0.1) is 11.8 Å². The molecule has 0 bridgehead atoms. The lowest BCUT2D eigenvalue weighted by Crippen LogP contribution is -2.44. The number of carbonyl (C=O) groups excluding carboxylic acids is 2. The second-order valence-corrected chi connectivity index (χ2v) is 7.40. The Labute approximate surface area is 151 Å². The molecule has 6 nitrogen and oxygen atoms in total. The van der Waals surface area contributed by atoms with Gasteiger partial charge in [0.1, 0.15) is 0 Å². The largest absolute Gasteiger partial charge is 0.376 e. The molecular weight excluding hydrogens is 338 g/mol. The monoisotopic (exact) mass is 359 g/mol. The van der Waals surface area contributed by atoms with Crippen molar-refractivity contribution in [2.45, 2.75) is 29.9 Å². The fourth-order valence-corrected chi connectivity index (χ4v) is 4.06. The van der Waals surface area contributed by atoms with Gasteiger partial charge in [0.15, 0.2) is 0 Å². The van der Waals surface area contributed by atoms with Crippen LogP contribution in [0, 0.1) is 0 Å². The van der Waals surface area contributed by atoms with Crippen molar-refractivity contribution >= 4 is 23.7 Å². The molecule has 2 atom stereocenters. The molecule has 25 heavy (non-hydrogen) atoms. The first-order valence-electron chi connectivity index (χ1n) is 8.51. The van der Waals surface area contributed by atoms with Crippen LogP contribution in [-0.2, 0) is 9.53 Å². The minimum absolute atomic E-state index is 0.0167. The molecule has 0 aliphatic carbocycles. The fraction of sp³-hybridized carbons (Fsp3) is 0.444. The van der Waals surface area contributed by atoms with Gasteiger partial charge in [0, 0.05) is 18.0 Å². The van der Waals surface area contributed by atoms with Crippen molar-refractivity contribution in [2.75, 3.05) is 26.0 Å². The van der Waals surface area contributed by atoms with Crippen molar-refractivity contribution in [2.24, 2.45) is 0 Å². The molecule has 0 aromatic heterocycles. The molecule has 0 unspecified atom stereocenters. The second-order valence-electron chi connectivity index (χ2n) is 6.52. The van der Waals surface area contributed by atoms with Crippen molar-refractivity contribution in [3.63, 3.8) is 0 Å². The van der Waals surface area contributed by atoms with E-state index >= 15 is 0 Å². The third-order valence-electron chi connectivity index (χ3n) is 4.92. The van der Waals surface area contributed by atoms with Gasteiger partial charge in [0.2, 0.25) is 0 Å². The molecule has 1 aromatic rings.